The van der Waals surface area contributed by atoms with E-state index in [1.807, 2.05) is 6.20 Å². The molecule has 2 aromatic rings. The number of para-hydroxylation sites is 1. The van der Waals surface area contributed by atoms with Crippen molar-refractivity contribution in [3.63, 3.8) is 0 Å². The minimum atomic E-state index is 0.215. The van der Waals surface area contributed by atoms with E-state index >= 15 is 0 Å². The van der Waals surface area contributed by atoms with Crippen LogP contribution >= 0.6 is 0 Å². The lowest BCUT2D eigenvalue weighted by Gasteiger charge is -2.38. The standard InChI is InChI=1S/C15H21N3/c1-10-7-11(2)15(13(16)8-10)18-14-6-4-3-5-12(14)9-17-18/h3-6,9-11,13,15H,7-8,16H2,1-2H3. The lowest BCUT2D eigenvalue weighted by atomic mass is 9.77. The Morgan fingerprint density at radius 3 is 2.78 bits per heavy atom. The molecule has 4 unspecified atom stereocenters. The van der Waals surface area contributed by atoms with Gasteiger partial charge in [-0.05, 0) is 30.7 Å². The second-order valence-electron chi connectivity index (χ2n) is 5.86. The molecule has 18 heavy (non-hydrogen) atoms. The SMILES string of the molecule is CC1CC(C)C(n2ncc3ccccc32)C(N)C1. The number of nitrogens with zero attached hydrogens (tertiary/aromatic N) is 2. The van der Waals surface area contributed by atoms with Crippen LogP contribution in [0, 0.1) is 11.8 Å². The largest absolute Gasteiger partial charge is 0.326 e. The van der Waals surface area contributed by atoms with Crippen LogP contribution < -0.4 is 5.73 Å². The van der Waals surface area contributed by atoms with Gasteiger partial charge in [0.05, 0.1) is 17.8 Å². The molecule has 1 saturated carbocycles. The second-order valence-corrected chi connectivity index (χ2v) is 5.86. The van der Waals surface area contributed by atoms with E-state index in [9.17, 15) is 0 Å². The maximum absolute atomic E-state index is 6.38. The summed E-state index contributed by atoms with van der Waals surface area (Å²) in [6.07, 6.45) is 4.29. The molecular formula is C15H21N3. The maximum atomic E-state index is 6.38. The summed E-state index contributed by atoms with van der Waals surface area (Å²) in [4.78, 5) is 0. The fraction of sp³-hybridized carbons (Fsp3) is 0.533. The Labute approximate surface area is 108 Å². The Morgan fingerprint density at radius 1 is 1.22 bits per heavy atom. The van der Waals surface area contributed by atoms with Gasteiger partial charge in [-0.2, -0.15) is 5.10 Å². The molecule has 96 valence electrons. The van der Waals surface area contributed by atoms with Crippen molar-refractivity contribution in [3.05, 3.63) is 30.5 Å². The van der Waals surface area contributed by atoms with E-state index in [0.29, 0.717) is 12.0 Å². The molecule has 3 rings (SSSR count). The average Bonchev–Trinajstić information content (AvgIpc) is 2.72. The van der Waals surface area contributed by atoms with Crippen LogP contribution in [0.1, 0.15) is 32.7 Å². The molecule has 1 fully saturated rings. The van der Waals surface area contributed by atoms with Crippen LogP contribution in [0.2, 0.25) is 0 Å². The Hall–Kier alpha value is -1.35. The van der Waals surface area contributed by atoms with Crippen LogP contribution in [0.15, 0.2) is 30.5 Å². The zero-order valence-electron chi connectivity index (χ0n) is 11.1. The van der Waals surface area contributed by atoms with E-state index in [4.69, 9.17) is 5.73 Å². The van der Waals surface area contributed by atoms with Crippen LogP contribution in [0.4, 0.5) is 0 Å². The molecule has 3 heteroatoms. The Kier molecular flexibility index (Phi) is 2.86. The highest BCUT2D eigenvalue weighted by atomic mass is 15.3. The monoisotopic (exact) mass is 243 g/mol. The topological polar surface area (TPSA) is 43.8 Å². The van der Waals surface area contributed by atoms with Gasteiger partial charge < -0.3 is 5.73 Å². The van der Waals surface area contributed by atoms with E-state index in [0.717, 1.165) is 12.3 Å². The quantitative estimate of drug-likeness (QED) is 0.836. The van der Waals surface area contributed by atoms with Crippen LogP contribution in [0.3, 0.4) is 0 Å². The highest BCUT2D eigenvalue weighted by Crippen LogP contribution is 2.37. The Morgan fingerprint density at radius 2 is 2.00 bits per heavy atom. The van der Waals surface area contributed by atoms with Gasteiger partial charge in [-0.3, -0.25) is 4.68 Å². The minimum Gasteiger partial charge on any atom is -0.326 e. The molecule has 1 aliphatic rings. The summed E-state index contributed by atoms with van der Waals surface area (Å²) in [5.41, 5.74) is 7.59. The molecule has 1 heterocycles. The molecule has 3 nitrogen and oxygen atoms in total. The minimum absolute atomic E-state index is 0.215. The first-order valence-corrected chi connectivity index (χ1v) is 6.84. The first-order valence-electron chi connectivity index (χ1n) is 6.84. The Balaban J connectivity index is 2.03. The normalized spacial score (nSPS) is 32.8. The summed E-state index contributed by atoms with van der Waals surface area (Å²) in [5.74, 6) is 1.32. The smallest absolute Gasteiger partial charge is 0.0702 e. The summed E-state index contributed by atoms with van der Waals surface area (Å²) in [6.45, 7) is 4.60. The Bertz CT molecular complexity index is 533. The molecule has 0 amide bonds. The van der Waals surface area contributed by atoms with E-state index in [1.54, 1.807) is 0 Å². The molecule has 0 bridgehead atoms. The van der Waals surface area contributed by atoms with Crippen molar-refractivity contribution in [3.8, 4) is 0 Å². The summed E-state index contributed by atoms with van der Waals surface area (Å²) in [7, 11) is 0. The third-order valence-electron chi connectivity index (χ3n) is 4.26. The number of fused-ring (bicyclic) bond motifs is 1. The number of hydrogen-bond acceptors (Lipinski definition) is 2. The molecule has 1 aromatic heterocycles. The average molecular weight is 243 g/mol. The predicted octanol–water partition coefficient (Wildman–Crippen LogP) is 2.97. The van der Waals surface area contributed by atoms with Gasteiger partial charge in [-0.1, -0.05) is 32.0 Å². The second kappa shape index (κ2) is 4.39. The van der Waals surface area contributed by atoms with E-state index in [-0.39, 0.29) is 6.04 Å². The highest BCUT2D eigenvalue weighted by Gasteiger charge is 2.34. The van der Waals surface area contributed by atoms with Crippen LogP contribution in [0.5, 0.6) is 0 Å². The van der Waals surface area contributed by atoms with Gasteiger partial charge in [0.25, 0.3) is 0 Å². The van der Waals surface area contributed by atoms with Gasteiger partial charge >= 0.3 is 0 Å². The molecule has 0 radical (unpaired) electrons. The molecule has 0 saturated heterocycles. The zero-order valence-corrected chi connectivity index (χ0v) is 11.1. The van der Waals surface area contributed by atoms with Crippen LogP contribution in [-0.2, 0) is 0 Å². The fourth-order valence-corrected chi connectivity index (χ4v) is 3.55. The molecule has 0 aliphatic heterocycles. The first-order chi connectivity index (χ1) is 8.66. The number of rotatable bonds is 1. The van der Waals surface area contributed by atoms with Gasteiger partial charge in [0.15, 0.2) is 0 Å². The van der Waals surface area contributed by atoms with Gasteiger partial charge in [-0.15, -0.1) is 0 Å². The molecule has 4 atom stereocenters. The van der Waals surface area contributed by atoms with Crippen molar-refractivity contribution in [2.45, 2.75) is 38.8 Å². The molecule has 2 N–H and O–H groups in total. The summed E-state index contributed by atoms with van der Waals surface area (Å²) in [6, 6.07) is 8.93. The number of nitrogens with two attached hydrogens (primary N) is 1. The molecule has 1 aliphatic carbocycles. The maximum Gasteiger partial charge on any atom is 0.0702 e. The van der Waals surface area contributed by atoms with Gasteiger partial charge in [0.2, 0.25) is 0 Å². The van der Waals surface area contributed by atoms with Crippen molar-refractivity contribution in [1.82, 2.24) is 9.78 Å². The van der Waals surface area contributed by atoms with Crippen molar-refractivity contribution in [2.75, 3.05) is 0 Å². The predicted molar refractivity (Wildman–Crippen MR) is 74.3 cm³/mol. The third-order valence-corrected chi connectivity index (χ3v) is 4.26. The van der Waals surface area contributed by atoms with Crippen molar-refractivity contribution in [1.29, 1.82) is 0 Å². The molecule has 1 aromatic carbocycles. The van der Waals surface area contributed by atoms with Crippen LogP contribution in [-0.4, -0.2) is 15.8 Å². The summed E-state index contributed by atoms with van der Waals surface area (Å²) < 4.78 is 2.15. The van der Waals surface area contributed by atoms with E-state index < -0.39 is 0 Å². The van der Waals surface area contributed by atoms with Crippen LogP contribution in [0.25, 0.3) is 10.9 Å². The number of benzene rings is 1. The van der Waals surface area contributed by atoms with Gasteiger partial charge in [0, 0.05) is 11.4 Å². The molecule has 0 spiro atoms. The third kappa shape index (κ3) is 1.83. The number of aromatic nitrogens is 2. The highest BCUT2D eigenvalue weighted by molar-refractivity contribution is 5.78. The van der Waals surface area contributed by atoms with E-state index in [2.05, 4.69) is 47.9 Å². The van der Waals surface area contributed by atoms with Crippen molar-refractivity contribution >= 4 is 10.9 Å². The number of hydrogen-bond donors (Lipinski definition) is 1. The fourth-order valence-electron chi connectivity index (χ4n) is 3.55. The lowest BCUT2D eigenvalue weighted by molar-refractivity contribution is 0.170. The molecular weight excluding hydrogens is 222 g/mol. The summed E-state index contributed by atoms with van der Waals surface area (Å²) >= 11 is 0. The first kappa shape index (κ1) is 11.7. The van der Waals surface area contributed by atoms with E-state index in [1.165, 1.54) is 17.3 Å². The van der Waals surface area contributed by atoms with Crippen molar-refractivity contribution < 1.29 is 0 Å². The summed E-state index contributed by atoms with van der Waals surface area (Å²) in [5, 5.41) is 5.79. The van der Waals surface area contributed by atoms with Gasteiger partial charge in [-0.25, -0.2) is 0 Å². The van der Waals surface area contributed by atoms with Gasteiger partial charge in [0.1, 0.15) is 0 Å². The zero-order chi connectivity index (χ0) is 12.7. The van der Waals surface area contributed by atoms with Crippen molar-refractivity contribution in [2.24, 2.45) is 17.6 Å². The lowest BCUT2D eigenvalue weighted by Crippen LogP contribution is -2.42.